The van der Waals surface area contributed by atoms with Crippen molar-refractivity contribution in [2.45, 2.75) is 51.7 Å². The van der Waals surface area contributed by atoms with Gasteiger partial charge < -0.3 is 14.8 Å². The van der Waals surface area contributed by atoms with Crippen LogP contribution in [0.25, 0.3) is 0 Å². The summed E-state index contributed by atoms with van der Waals surface area (Å²) in [5.41, 5.74) is -0.590. The summed E-state index contributed by atoms with van der Waals surface area (Å²) in [6, 6.07) is -0.684. The van der Waals surface area contributed by atoms with Crippen LogP contribution in [0.1, 0.15) is 40.0 Å². The number of carbonyl (C=O) groups is 2. The van der Waals surface area contributed by atoms with Crippen molar-refractivity contribution in [2.75, 3.05) is 7.11 Å². The molecule has 0 aromatic rings. The standard InChI is InChI=1S/C14H23NO4/c1-14(2,3)19-13(17)15-11(12(16)18-4)10-8-6-5-7-9-10/h6,8,10-11H,5,7,9H2,1-4H3,(H,15,17)/t10-,11-/m0/s1. The van der Waals surface area contributed by atoms with Crippen molar-refractivity contribution in [3.63, 3.8) is 0 Å². The molecule has 0 fully saturated rings. The van der Waals surface area contributed by atoms with Gasteiger partial charge in [0.1, 0.15) is 11.6 Å². The van der Waals surface area contributed by atoms with Gasteiger partial charge in [-0.3, -0.25) is 0 Å². The predicted octanol–water partition coefficient (Wildman–Crippen LogP) is 2.41. The van der Waals surface area contributed by atoms with Gasteiger partial charge >= 0.3 is 12.1 Å². The van der Waals surface area contributed by atoms with E-state index in [-0.39, 0.29) is 5.92 Å². The summed E-state index contributed by atoms with van der Waals surface area (Å²) >= 11 is 0. The number of nitrogens with one attached hydrogen (secondary N) is 1. The van der Waals surface area contributed by atoms with Gasteiger partial charge in [0.25, 0.3) is 0 Å². The Morgan fingerprint density at radius 1 is 1.37 bits per heavy atom. The molecule has 0 aromatic heterocycles. The van der Waals surface area contributed by atoms with E-state index in [1.54, 1.807) is 20.8 Å². The number of esters is 1. The highest BCUT2D eigenvalue weighted by atomic mass is 16.6. The van der Waals surface area contributed by atoms with Gasteiger partial charge in [0.15, 0.2) is 0 Å². The Morgan fingerprint density at radius 3 is 2.53 bits per heavy atom. The minimum absolute atomic E-state index is 0.0336. The van der Waals surface area contributed by atoms with E-state index in [9.17, 15) is 9.59 Å². The molecule has 0 saturated heterocycles. The van der Waals surface area contributed by atoms with E-state index in [0.29, 0.717) is 0 Å². The Bertz CT molecular complexity index is 357. The number of allylic oxidation sites excluding steroid dienone is 1. The molecule has 1 rings (SSSR count). The monoisotopic (exact) mass is 269 g/mol. The molecule has 0 heterocycles. The van der Waals surface area contributed by atoms with Crippen molar-refractivity contribution in [1.82, 2.24) is 5.32 Å². The Hall–Kier alpha value is -1.52. The maximum Gasteiger partial charge on any atom is 0.408 e. The molecule has 1 amide bonds. The van der Waals surface area contributed by atoms with Gasteiger partial charge in [-0.1, -0.05) is 12.2 Å². The molecule has 0 unspecified atom stereocenters. The molecular weight excluding hydrogens is 246 g/mol. The van der Waals surface area contributed by atoms with Crippen LogP contribution in [0.15, 0.2) is 12.2 Å². The lowest BCUT2D eigenvalue weighted by molar-refractivity contribution is -0.144. The minimum atomic E-state index is -0.684. The lowest BCUT2D eigenvalue weighted by Crippen LogP contribution is -2.48. The first-order valence-corrected chi connectivity index (χ1v) is 6.57. The zero-order valence-corrected chi connectivity index (χ0v) is 12.1. The maximum absolute atomic E-state index is 11.8. The number of alkyl carbamates (subject to hydrolysis) is 1. The average Bonchev–Trinajstić information content (AvgIpc) is 2.34. The molecule has 0 aromatic carbocycles. The first kappa shape index (κ1) is 15.5. The van der Waals surface area contributed by atoms with Crippen LogP contribution in [0, 0.1) is 5.92 Å². The molecule has 1 N–H and O–H groups in total. The Kier molecular flexibility index (Phi) is 5.39. The number of hydrogen-bond donors (Lipinski definition) is 1. The average molecular weight is 269 g/mol. The van der Waals surface area contributed by atoms with Crippen molar-refractivity contribution in [2.24, 2.45) is 5.92 Å². The Balaban J connectivity index is 2.69. The van der Waals surface area contributed by atoms with Gasteiger partial charge in [-0.05, 0) is 40.0 Å². The van der Waals surface area contributed by atoms with E-state index in [0.717, 1.165) is 19.3 Å². The van der Waals surface area contributed by atoms with Crippen LogP contribution in [-0.4, -0.2) is 30.8 Å². The van der Waals surface area contributed by atoms with Gasteiger partial charge in [0, 0.05) is 5.92 Å². The quantitative estimate of drug-likeness (QED) is 0.631. The number of rotatable bonds is 3. The highest BCUT2D eigenvalue weighted by molar-refractivity contribution is 5.82. The van der Waals surface area contributed by atoms with Gasteiger partial charge in [-0.15, -0.1) is 0 Å². The van der Waals surface area contributed by atoms with Crippen LogP contribution in [0.3, 0.4) is 0 Å². The summed E-state index contributed by atoms with van der Waals surface area (Å²) in [5.74, 6) is -0.476. The van der Waals surface area contributed by atoms with Gasteiger partial charge in [-0.25, -0.2) is 9.59 Å². The summed E-state index contributed by atoms with van der Waals surface area (Å²) in [6.07, 6.45) is 6.26. The van der Waals surface area contributed by atoms with Crippen molar-refractivity contribution >= 4 is 12.1 Å². The SMILES string of the molecule is COC(=O)[C@@H](NC(=O)OC(C)(C)C)[C@H]1C=CCCC1. The number of amides is 1. The second-order valence-electron chi connectivity index (χ2n) is 5.67. The minimum Gasteiger partial charge on any atom is -0.467 e. The van der Waals surface area contributed by atoms with Crippen LogP contribution in [-0.2, 0) is 14.3 Å². The molecule has 1 aliphatic rings. The lowest BCUT2D eigenvalue weighted by Gasteiger charge is -2.27. The summed E-state index contributed by atoms with van der Waals surface area (Å²) in [4.78, 5) is 23.6. The fourth-order valence-electron chi connectivity index (χ4n) is 2.02. The normalized spacial score (nSPS) is 20.5. The molecule has 108 valence electrons. The molecule has 0 spiro atoms. The first-order chi connectivity index (χ1) is 8.83. The largest absolute Gasteiger partial charge is 0.467 e. The smallest absolute Gasteiger partial charge is 0.408 e. The fraction of sp³-hybridized carbons (Fsp3) is 0.714. The summed E-state index contributed by atoms with van der Waals surface area (Å²) < 4.78 is 9.93. The number of carbonyl (C=O) groups excluding carboxylic acids is 2. The van der Waals surface area contributed by atoms with E-state index < -0.39 is 23.7 Å². The molecule has 0 radical (unpaired) electrons. The third kappa shape index (κ3) is 5.32. The van der Waals surface area contributed by atoms with Crippen molar-refractivity contribution in [1.29, 1.82) is 0 Å². The molecular formula is C14H23NO4. The van der Waals surface area contributed by atoms with Crippen molar-refractivity contribution in [3.8, 4) is 0 Å². The Morgan fingerprint density at radius 2 is 2.05 bits per heavy atom. The number of methoxy groups -OCH3 is 1. The van der Waals surface area contributed by atoms with Gasteiger partial charge in [0.05, 0.1) is 7.11 Å². The van der Waals surface area contributed by atoms with E-state index >= 15 is 0 Å². The third-order valence-electron chi connectivity index (χ3n) is 2.85. The molecule has 0 aliphatic heterocycles. The van der Waals surface area contributed by atoms with Crippen LogP contribution < -0.4 is 5.32 Å². The topological polar surface area (TPSA) is 64.6 Å². The van der Waals surface area contributed by atoms with Crippen molar-refractivity contribution < 1.29 is 19.1 Å². The summed E-state index contributed by atoms with van der Waals surface area (Å²) in [5, 5.41) is 2.61. The number of ether oxygens (including phenoxy) is 2. The summed E-state index contributed by atoms with van der Waals surface area (Å²) in [7, 11) is 1.32. The molecule has 0 saturated carbocycles. The van der Waals surface area contributed by atoms with Crippen molar-refractivity contribution in [3.05, 3.63) is 12.2 Å². The van der Waals surface area contributed by atoms with E-state index in [4.69, 9.17) is 9.47 Å². The van der Waals surface area contributed by atoms with Crippen LogP contribution in [0.2, 0.25) is 0 Å². The zero-order valence-electron chi connectivity index (χ0n) is 12.1. The maximum atomic E-state index is 11.8. The second kappa shape index (κ2) is 6.59. The van der Waals surface area contributed by atoms with E-state index in [1.807, 2.05) is 12.2 Å². The zero-order chi connectivity index (χ0) is 14.5. The van der Waals surface area contributed by atoms with Gasteiger partial charge in [0.2, 0.25) is 0 Å². The number of hydrogen-bond acceptors (Lipinski definition) is 4. The van der Waals surface area contributed by atoms with Crippen LogP contribution >= 0.6 is 0 Å². The third-order valence-corrected chi connectivity index (χ3v) is 2.85. The first-order valence-electron chi connectivity index (χ1n) is 6.57. The fourth-order valence-corrected chi connectivity index (χ4v) is 2.02. The van der Waals surface area contributed by atoms with Gasteiger partial charge in [-0.2, -0.15) is 0 Å². The van der Waals surface area contributed by atoms with E-state index in [1.165, 1.54) is 7.11 Å². The molecule has 0 bridgehead atoms. The molecule has 2 atom stereocenters. The lowest BCUT2D eigenvalue weighted by atomic mass is 9.89. The molecule has 19 heavy (non-hydrogen) atoms. The summed E-state index contributed by atoms with van der Waals surface area (Å²) in [6.45, 7) is 5.33. The highest BCUT2D eigenvalue weighted by Crippen LogP contribution is 2.21. The van der Waals surface area contributed by atoms with Crippen LogP contribution in [0.5, 0.6) is 0 Å². The second-order valence-corrected chi connectivity index (χ2v) is 5.67. The Labute approximate surface area is 114 Å². The predicted molar refractivity (Wildman–Crippen MR) is 71.7 cm³/mol. The van der Waals surface area contributed by atoms with Crippen LogP contribution in [0.4, 0.5) is 4.79 Å². The molecule has 5 heteroatoms. The van der Waals surface area contributed by atoms with E-state index in [2.05, 4.69) is 5.32 Å². The molecule has 5 nitrogen and oxygen atoms in total. The highest BCUT2D eigenvalue weighted by Gasteiger charge is 2.31. The molecule has 1 aliphatic carbocycles.